The summed E-state index contributed by atoms with van der Waals surface area (Å²) < 4.78 is 12.3. The van der Waals surface area contributed by atoms with Crippen LogP contribution in [0.25, 0.3) is 0 Å². The van der Waals surface area contributed by atoms with E-state index in [0.717, 1.165) is 12.8 Å². The van der Waals surface area contributed by atoms with Crippen LogP contribution in [0.3, 0.4) is 0 Å². The number of carbonyl (C=O) groups is 2. The van der Waals surface area contributed by atoms with Gasteiger partial charge in [-0.25, -0.2) is 0 Å². The molecule has 0 N–H and O–H groups in total. The number of rotatable bonds is 5. The Balaban J connectivity index is 2.42. The van der Waals surface area contributed by atoms with Gasteiger partial charge in [0.2, 0.25) is 0 Å². The molecule has 1 atom stereocenters. The van der Waals surface area contributed by atoms with Crippen molar-refractivity contribution in [2.45, 2.75) is 26.1 Å². The number of hydrogen-bond donors (Lipinski definition) is 0. The van der Waals surface area contributed by atoms with Crippen LogP contribution in [0, 0.1) is 5.92 Å². The summed E-state index contributed by atoms with van der Waals surface area (Å²) in [6.07, 6.45) is 4.47. The maximum Gasteiger partial charge on any atom is 0.598 e. The lowest BCUT2D eigenvalue weighted by molar-refractivity contribution is -0.145. The van der Waals surface area contributed by atoms with Crippen LogP contribution < -0.4 is 0 Å². The van der Waals surface area contributed by atoms with Crippen LogP contribution >= 0.6 is 22.6 Å². The van der Waals surface area contributed by atoms with E-state index < -0.39 is 7.12 Å². The molecule has 1 saturated heterocycles. The Morgan fingerprint density at radius 3 is 2.47 bits per heavy atom. The smallest absolute Gasteiger partial charge is 0.498 e. The Bertz CT molecular complexity index is 331. The van der Waals surface area contributed by atoms with Crippen LogP contribution in [-0.4, -0.2) is 44.1 Å². The number of carbonyl (C=O) groups excluding carboxylic acids is 2. The maximum absolute atomic E-state index is 11.5. The van der Waals surface area contributed by atoms with Gasteiger partial charge in [-0.1, -0.05) is 35.6 Å². The molecular formula is C12H19BINO4. The summed E-state index contributed by atoms with van der Waals surface area (Å²) in [5.74, 6) is -0.226. The van der Waals surface area contributed by atoms with E-state index in [-0.39, 0.29) is 25.0 Å². The minimum atomic E-state index is -0.736. The molecule has 0 aromatic carbocycles. The standard InChI is InChI=1S/C12H19BINO4/c1-10(4-3-7-14)5-6-13-18-11(16)8-15(2)9-12(17)19-13/h3,7,10H,4-6,8-9H2,1-2H3/b7-3+/t10-/m1/s1. The Hall–Kier alpha value is -0.565. The second kappa shape index (κ2) is 8.57. The average Bonchev–Trinajstić information content (AvgIpc) is 2.31. The van der Waals surface area contributed by atoms with Gasteiger partial charge in [0, 0.05) is 6.32 Å². The van der Waals surface area contributed by atoms with Crippen molar-refractivity contribution in [2.75, 3.05) is 20.1 Å². The maximum atomic E-state index is 11.5. The zero-order valence-corrected chi connectivity index (χ0v) is 13.5. The molecule has 0 spiro atoms. The molecule has 1 rings (SSSR count). The minimum absolute atomic E-state index is 0.124. The van der Waals surface area contributed by atoms with Crippen molar-refractivity contribution < 1.29 is 18.9 Å². The van der Waals surface area contributed by atoms with Crippen LogP contribution in [0.15, 0.2) is 10.2 Å². The van der Waals surface area contributed by atoms with Crippen molar-refractivity contribution in [3.05, 3.63) is 10.2 Å². The van der Waals surface area contributed by atoms with E-state index in [2.05, 4.69) is 35.6 Å². The molecule has 0 bridgehead atoms. The molecule has 1 heterocycles. The number of nitrogens with zero attached hydrogens (tertiary/aromatic N) is 1. The fourth-order valence-electron chi connectivity index (χ4n) is 1.83. The average molecular weight is 379 g/mol. The van der Waals surface area contributed by atoms with E-state index in [1.54, 1.807) is 11.9 Å². The molecule has 0 radical (unpaired) electrons. The molecule has 0 aromatic heterocycles. The first-order valence-corrected chi connectivity index (χ1v) is 7.58. The lowest BCUT2D eigenvalue weighted by atomic mass is 9.79. The number of hydrogen-bond acceptors (Lipinski definition) is 5. The first-order chi connectivity index (χ1) is 9.01. The highest BCUT2D eigenvalue weighted by molar-refractivity contribution is 14.1. The summed E-state index contributed by atoms with van der Waals surface area (Å²) in [6, 6.07) is 0. The van der Waals surface area contributed by atoms with Gasteiger partial charge in [0.25, 0.3) is 0 Å². The fourth-order valence-corrected chi connectivity index (χ4v) is 2.12. The van der Waals surface area contributed by atoms with E-state index in [9.17, 15) is 9.59 Å². The zero-order valence-electron chi connectivity index (χ0n) is 11.3. The van der Waals surface area contributed by atoms with Crippen LogP contribution in [0.5, 0.6) is 0 Å². The molecule has 7 heteroatoms. The second-order valence-electron chi connectivity index (χ2n) is 4.86. The van der Waals surface area contributed by atoms with Gasteiger partial charge < -0.3 is 9.31 Å². The van der Waals surface area contributed by atoms with Crippen LogP contribution in [0.2, 0.25) is 6.32 Å². The Kier molecular flexibility index (Phi) is 7.44. The van der Waals surface area contributed by atoms with Gasteiger partial charge in [-0.3, -0.25) is 14.5 Å². The molecular weight excluding hydrogens is 360 g/mol. The van der Waals surface area contributed by atoms with Crippen molar-refractivity contribution in [3.8, 4) is 0 Å². The van der Waals surface area contributed by atoms with E-state index in [1.807, 2.05) is 4.08 Å². The van der Waals surface area contributed by atoms with Gasteiger partial charge in [-0.2, -0.15) is 0 Å². The third-order valence-corrected chi connectivity index (χ3v) is 3.36. The quantitative estimate of drug-likeness (QED) is 0.540. The van der Waals surface area contributed by atoms with Crippen molar-refractivity contribution in [1.29, 1.82) is 0 Å². The van der Waals surface area contributed by atoms with Gasteiger partial charge in [0.15, 0.2) is 0 Å². The molecule has 0 amide bonds. The van der Waals surface area contributed by atoms with Crippen LogP contribution in [0.4, 0.5) is 0 Å². The summed E-state index contributed by atoms with van der Waals surface area (Å²) >= 11 is 2.19. The molecule has 1 aliphatic rings. The molecule has 0 saturated carbocycles. The third kappa shape index (κ3) is 6.96. The number of allylic oxidation sites excluding steroid dienone is 1. The predicted octanol–water partition coefficient (Wildman–Crippen LogP) is 1.87. The summed E-state index contributed by atoms with van der Waals surface area (Å²) in [4.78, 5) is 24.6. The second-order valence-corrected chi connectivity index (χ2v) is 5.58. The van der Waals surface area contributed by atoms with E-state index in [4.69, 9.17) is 9.31 Å². The van der Waals surface area contributed by atoms with Crippen molar-refractivity contribution in [3.63, 3.8) is 0 Å². The SMILES string of the molecule is C[C@H](C/C=C/I)CCB1OC(=O)CN(C)CC(=O)O1. The molecule has 5 nitrogen and oxygen atoms in total. The highest BCUT2D eigenvalue weighted by atomic mass is 127. The summed E-state index contributed by atoms with van der Waals surface area (Å²) in [5, 5.41) is 0. The largest absolute Gasteiger partial charge is 0.598 e. The molecule has 1 fully saturated rings. The van der Waals surface area contributed by atoms with Crippen molar-refractivity contribution in [1.82, 2.24) is 4.90 Å². The molecule has 0 unspecified atom stereocenters. The highest BCUT2D eigenvalue weighted by Crippen LogP contribution is 2.15. The molecule has 1 aliphatic heterocycles. The van der Waals surface area contributed by atoms with Crippen LogP contribution in [0.1, 0.15) is 19.8 Å². The highest BCUT2D eigenvalue weighted by Gasteiger charge is 2.31. The van der Waals surface area contributed by atoms with Gasteiger partial charge in [0.1, 0.15) is 0 Å². The predicted molar refractivity (Wildman–Crippen MR) is 81.8 cm³/mol. The van der Waals surface area contributed by atoms with Crippen molar-refractivity contribution in [2.24, 2.45) is 5.92 Å². The van der Waals surface area contributed by atoms with Gasteiger partial charge in [-0.15, -0.1) is 0 Å². The normalized spacial score (nSPS) is 19.8. The molecule has 19 heavy (non-hydrogen) atoms. The summed E-state index contributed by atoms with van der Waals surface area (Å²) in [5.41, 5.74) is 0. The minimum Gasteiger partial charge on any atom is -0.498 e. The number of likely N-dealkylation sites (N-methyl/N-ethyl adjacent to an activating group) is 1. The monoisotopic (exact) mass is 379 g/mol. The van der Waals surface area contributed by atoms with Crippen LogP contribution in [-0.2, 0) is 18.9 Å². The summed E-state index contributed by atoms with van der Waals surface area (Å²) in [7, 11) is 0.945. The molecule has 106 valence electrons. The van der Waals surface area contributed by atoms with Gasteiger partial charge in [-0.05, 0) is 29.9 Å². The van der Waals surface area contributed by atoms with E-state index in [1.165, 1.54) is 0 Å². The van der Waals surface area contributed by atoms with Gasteiger partial charge >= 0.3 is 19.1 Å². The Labute approximate surface area is 128 Å². The zero-order chi connectivity index (χ0) is 14.3. The topological polar surface area (TPSA) is 55.8 Å². The Morgan fingerprint density at radius 1 is 1.37 bits per heavy atom. The lowest BCUT2D eigenvalue weighted by Gasteiger charge is -2.23. The molecule has 0 aliphatic carbocycles. The summed E-state index contributed by atoms with van der Waals surface area (Å²) in [6.45, 7) is 2.37. The van der Waals surface area contributed by atoms with E-state index >= 15 is 0 Å². The number of halogens is 1. The Morgan fingerprint density at radius 2 is 1.95 bits per heavy atom. The fraction of sp³-hybridized carbons (Fsp3) is 0.667. The molecule has 0 aromatic rings. The first kappa shape index (κ1) is 16.5. The van der Waals surface area contributed by atoms with E-state index in [0.29, 0.717) is 12.2 Å². The lowest BCUT2D eigenvalue weighted by Crippen LogP contribution is -2.42. The third-order valence-electron chi connectivity index (χ3n) is 2.85. The first-order valence-electron chi connectivity index (χ1n) is 6.34. The van der Waals surface area contributed by atoms with Crippen molar-refractivity contribution >= 4 is 41.6 Å². The van der Waals surface area contributed by atoms with Gasteiger partial charge in [0.05, 0.1) is 13.1 Å².